The lowest BCUT2D eigenvalue weighted by molar-refractivity contribution is -0.142. The Labute approximate surface area is 175 Å². The molecule has 2 aromatic carbocycles. The van der Waals surface area contributed by atoms with Crippen molar-refractivity contribution in [2.75, 3.05) is 6.54 Å². The quantitative estimate of drug-likeness (QED) is 0.769. The molecule has 1 saturated heterocycles. The van der Waals surface area contributed by atoms with Gasteiger partial charge >= 0.3 is 12.1 Å². The maximum atomic E-state index is 12.4. The highest BCUT2D eigenvalue weighted by molar-refractivity contribution is 6.32. The van der Waals surface area contributed by atoms with Gasteiger partial charge in [-0.1, -0.05) is 48.0 Å². The summed E-state index contributed by atoms with van der Waals surface area (Å²) in [5, 5.41) is 9.93. The first-order chi connectivity index (χ1) is 13.6. The summed E-state index contributed by atoms with van der Waals surface area (Å²) in [6.07, 6.45) is -1.00. The van der Waals surface area contributed by atoms with E-state index in [2.05, 4.69) is 0 Å². The second kappa shape index (κ2) is 8.33. The predicted molar refractivity (Wildman–Crippen MR) is 110 cm³/mol. The minimum atomic E-state index is -1.09. The van der Waals surface area contributed by atoms with Gasteiger partial charge in [-0.2, -0.15) is 0 Å². The fourth-order valence-corrected chi connectivity index (χ4v) is 3.45. The van der Waals surface area contributed by atoms with E-state index in [1.54, 1.807) is 26.8 Å². The topological polar surface area (TPSA) is 76.1 Å². The SMILES string of the molecule is CC(C)(C)OC(=O)N1C[C@@H](Oc2ccc(-c3ccccc3)cc2Cl)C[C@H]1C(=O)O. The lowest BCUT2D eigenvalue weighted by atomic mass is 10.1. The van der Waals surface area contributed by atoms with E-state index in [4.69, 9.17) is 21.1 Å². The number of nitrogens with zero attached hydrogens (tertiary/aromatic N) is 1. The van der Waals surface area contributed by atoms with Gasteiger partial charge in [0.05, 0.1) is 11.6 Å². The second-order valence-corrected chi connectivity index (χ2v) is 8.38. The van der Waals surface area contributed by atoms with Gasteiger partial charge in [-0.15, -0.1) is 0 Å². The van der Waals surface area contributed by atoms with Gasteiger partial charge in [0, 0.05) is 6.42 Å². The van der Waals surface area contributed by atoms with Crippen LogP contribution in [-0.2, 0) is 9.53 Å². The summed E-state index contributed by atoms with van der Waals surface area (Å²) >= 11 is 6.40. The maximum absolute atomic E-state index is 12.4. The van der Waals surface area contributed by atoms with Crippen LogP contribution in [0.5, 0.6) is 5.75 Å². The number of aliphatic carboxylic acids is 1. The Morgan fingerprint density at radius 1 is 1.10 bits per heavy atom. The number of hydrogen-bond acceptors (Lipinski definition) is 4. The molecule has 29 heavy (non-hydrogen) atoms. The standard InChI is InChI=1S/C22H24ClNO5/c1-22(2,3)29-21(27)24-13-16(12-18(24)20(25)26)28-19-10-9-15(11-17(19)23)14-7-5-4-6-8-14/h4-11,16,18H,12-13H2,1-3H3,(H,25,26)/t16-,18-/m0/s1. The molecule has 1 N–H and O–H groups in total. The van der Waals surface area contributed by atoms with Gasteiger partial charge in [0.25, 0.3) is 0 Å². The first-order valence-corrected chi connectivity index (χ1v) is 9.76. The highest BCUT2D eigenvalue weighted by Gasteiger charge is 2.42. The van der Waals surface area contributed by atoms with Gasteiger partial charge in [0.1, 0.15) is 23.5 Å². The summed E-state index contributed by atoms with van der Waals surface area (Å²) < 4.78 is 11.3. The largest absolute Gasteiger partial charge is 0.487 e. The molecule has 1 aliphatic rings. The van der Waals surface area contributed by atoms with Crippen molar-refractivity contribution >= 4 is 23.7 Å². The van der Waals surface area contributed by atoms with Crippen molar-refractivity contribution < 1.29 is 24.2 Å². The Hall–Kier alpha value is -2.73. The van der Waals surface area contributed by atoms with Crippen molar-refractivity contribution in [2.24, 2.45) is 0 Å². The zero-order chi connectivity index (χ0) is 21.2. The van der Waals surface area contributed by atoms with Crippen molar-refractivity contribution in [1.29, 1.82) is 0 Å². The number of amides is 1. The van der Waals surface area contributed by atoms with Crippen molar-refractivity contribution in [2.45, 2.75) is 44.9 Å². The lowest BCUT2D eigenvalue weighted by Crippen LogP contribution is -2.43. The molecular formula is C22H24ClNO5. The zero-order valence-electron chi connectivity index (χ0n) is 16.6. The molecule has 0 unspecified atom stereocenters. The van der Waals surface area contributed by atoms with Crippen LogP contribution in [-0.4, -0.2) is 46.4 Å². The summed E-state index contributed by atoms with van der Waals surface area (Å²) in [6, 6.07) is 14.3. The number of rotatable bonds is 4. The smallest absolute Gasteiger partial charge is 0.411 e. The Morgan fingerprint density at radius 2 is 1.79 bits per heavy atom. The Morgan fingerprint density at radius 3 is 2.38 bits per heavy atom. The number of carboxylic acids is 1. The molecule has 0 aliphatic carbocycles. The molecule has 7 heteroatoms. The molecule has 1 amide bonds. The summed E-state index contributed by atoms with van der Waals surface area (Å²) in [6.45, 7) is 5.32. The molecule has 3 rings (SSSR count). The second-order valence-electron chi connectivity index (χ2n) is 7.97. The summed E-state index contributed by atoms with van der Waals surface area (Å²) in [4.78, 5) is 25.2. The Kier molecular flexibility index (Phi) is 6.03. The van der Waals surface area contributed by atoms with Crippen molar-refractivity contribution in [3.8, 4) is 16.9 Å². The molecule has 0 saturated carbocycles. The average Bonchev–Trinajstić information content (AvgIpc) is 3.07. The number of halogens is 1. The summed E-state index contributed by atoms with van der Waals surface area (Å²) in [5.41, 5.74) is 1.27. The van der Waals surface area contributed by atoms with E-state index in [9.17, 15) is 14.7 Å². The van der Waals surface area contributed by atoms with E-state index in [0.717, 1.165) is 11.1 Å². The van der Waals surface area contributed by atoms with Crippen LogP contribution >= 0.6 is 11.6 Å². The van der Waals surface area contributed by atoms with Crippen LogP contribution in [0.25, 0.3) is 11.1 Å². The molecule has 0 spiro atoms. The molecule has 0 bridgehead atoms. The number of benzene rings is 2. The zero-order valence-corrected chi connectivity index (χ0v) is 17.3. The Bertz CT molecular complexity index is 894. The minimum Gasteiger partial charge on any atom is -0.487 e. The van der Waals surface area contributed by atoms with E-state index in [1.165, 1.54) is 4.90 Å². The van der Waals surface area contributed by atoms with E-state index < -0.39 is 29.8 Å². The van der Waals surface area contributed by atoms with Gasteiger partial charge in [-0.25, -0.2) is 9.59 Å². The molecular weight excluding hydrogens is 394 g/mol. The monoisotopic (exact) mass is 417 g/mol. The van der Waals surface area contributed by atoms with E-state index in [1.807, 2.05) is 42.5 Å². The van der Waals surface area contributed by atoms with Crippen LogP contribution in [0.4, 0.5) is 4.79 Å². The molecule has 2 atom stereocenters. The molecule has 0 aromatic heterocycles. The molecule has 1 heterocycles. The fourth-order valence-electron chi connectivity index (χ4n) is 3.23. The molecule has 154 valence electrons. The van der Waals surface area contributed by atoms with E-state index in [-0.39, 0.29) is 13.0 Å². The molecule has 2 aromatic rings. The normalized spacial score (nSPS) is 19.1. The van der Waals surface area contributed by atoms with Crippen LogP contribution in [0.1, 0.15) is 27.2 Å². The van der Waals surface area contributed by atoms with Gasteiger partial charge in [-0.3, -0.25) is 4.90 Å². The Balaban J connectivity index is 1.73. The third-order valence-corrected chi connectivity index (χ3v) is 4.80. The lowest BCUT2D eigenvalue weighted by Gasteiger charge is -2.26. The van der Waals surface area contributed by atoms with Crippen molar-refractivity contribution in [3.63, 3.8) is 0 Å². The highest BCUT2D eigenvalue weighted by atomic mass is 35.5. The van der Waals surface area contributed by atoms with Crippen LogP contribution in [0.3, 0.4) is 0 Å². The molecule has 1 fully saturated rings. The number of ether oxygens (including phenoxy) is 2. The van der Waals surface area contributed by atoms with Crippen molar-refractivity contribution in [3.05, 3.63) is 53.6 Å². The minimum absolute atomic E-state index is 0.114. The van der Waals surface area contributed by atoms with Gasteiger partial charge < -0.3 is 14.6 Å². The summed E-state index contributed by atoms with van der Waals surface area (Å²) in [5.74, 6) is -0.640. The number of carbonyl (C=O) groups excluding carboxylic acids is 1. The third kappa shape index (κ3) is 5.21. The third-order valence-electron chi connectivity index (χ3n) is 4.51. The molecule has 1 aliphatic heterocycles. The highest BCUT2D eigenvalue weighted by Crippen LogP contribution is 2.33. The number of likely N-dealkylation sites (tertiary alicyclic amines) is 1. The molecule has 6 nitrogen and oxygen atoms in total. The van der Waals surface area contributed by atoms with E-state index >= 15 is 0 Å². The van der Waals surface area contributed by atoms with Gasteiger partial charge in [0.15, 0.2) is 0 Å². The first-order valence-electron chi connectivity index (χ1n) is 9.38. The van der Waals surface area contributed by atoms with Crippen LogP contribution in [0.15, 0.2) is 48.5 Å². The fraction of sp³-hybridized carbons (Fsp3) is 0.364. The van der Waals surface area contributed by atoms with Crippen LogP contribution in [0.2, 0.25) is 5.02 Å². The van der Waals surface area contributed by atoms with Crippen molar-refractivity contribution in [1.82, 2.24) is 4.90 Å². The molecule has 0 radical (unpaired) electrons. The van der Waals surface area contributed by atoms with Crippen LogP contribution < -0.4 is 4.74 Å². The number of hydrogen-bond donors (Lipinski definition) is 1. The summed E-state index contributed by atoms with van der Waals surface area (Å²) in [7, 11) is 0. The van der Waals surface area contributed by atoms with Gasteiger partial charge in [-0.05, 0) is 44.0 Å². The first kappa shape index (κ1) is 21.0. The average molecular weight is 418 g/mol. The number of carboxylic acid groups (broad SMARTS) is 1. The van der Waals surface area contributed by atoms with Crippen LogP contribution in [0, 0.1) is 0 Å². The van der Waals surface area contributed by atoms with E-state index in [0.29, 0.717) is 10.8 Å². The maximum Gasteiger partial charge on any atom is 0.411 e. The predicted octanol–water partition coefficient (Wildman–Crippen LogP) is 4.85. The van der Waals surface area contributed by atoms with Gasteiger partial charge in [0.2, 0.25) is 0 Å². The number of carbonyl (C=O) groups is 2.